The molecule has 0 unspecified atom stereocenters. The normalized spacial score (nSPS) is 24.2. The molecular weight excluding hydrogens is 355 g/mol. The molecule has 0 amide bonds. The van der Waals surface area contributed by atoms with Crippen LogP contribution in [0.3, 0.4) is 0 Å². The van der Waals surface area contributed by atoms with Crippen molar-refractivity contribution in [1.82, 2.24) is 0 Å². The Kier molecular flexibility index (Phi) is 4.94. The van der Waals surface area contributed by atoms with Crippen LogP contribution in [0, 0.1) is 0 Å². The van der Waals surface area contributed by atoms with Gasteiger partial charge in [0.2, 0.25) is 5.67 Å². The SMILES string of the molecule is COC(=O)c1ccccc1[C@H]1OC(=O)[C@](C)(F)[C@@H]1OC(=O)c1ccccc1. The molecular formula is C20H17FO6. The number of methoxy groups -OCH3 is 1. The van der Waals surface area contributed by atoms with Crippen molar-refractivity contribution in [2.24, 2.45) is 0 Å². The van der Waals surface area contributed by atoms with Crippen LogP contribution in [0.2, 0.25) is 0 Å². The van der Waals surface area contributed by atoms with Gasteiger partial charge in [-0.3, -0.25) is 0 Å². The second kappa shape index (κ2) is 7.19. The first-order valence-electron chi connectivity index (χ1n) is 8.19. The molecule has 1 aliphatic heterocycles. The quantitative estimate of drug-likeness (QED) is 0.606. The fourth-order valence-electron chi connectivity index (χ4n) is 2.89. The molecule has 2 aromatic carbocycles. The van der Waals surface area contributed by atoms with Crippen molar-refractivity contribution < 1.29 is 33.0 Å². The lowest BCUT2D eigenvalue weighted by Gasteiger charge is -2.24. The molecule has 3 rings (SSSR count). The van der Waals surface area contributed by atoms with E-state index in [2.05, 4.69) is 0 Å². The molecule has 0 radical (unpaired) electrons. The summed E-state index contributed by atoms with van der Waals surface area (Å²) in [6, 6.07) is 14.1. The number of cyclic esters (lactones) is 1. The van der Waals surface area contributed by atoms with Crippen LogP contribution in [-0.2, 0) is 19.0 Å². The van der Waals surface area contributed by atoms with Gasteiger partial charge >= 0.3 is 17.9 Å². The van der Waals surface area contributed by atoms with Crippen molar-refractivity contribution in [2.45, 2.75) is 24.8 Å². The van der Waals surface area contributed by atoms with Crippen LogP contribution in [0.25, 0.3) is 0 Å². The minimum atomic E-state index is -2.57. The van der Waals surface area contributed by atoms with E-state index < -0.39 is 35.8 Å². The second-order valence-electron chi connectivity index (χ2n) is 6.17. The van der Waals surface area contributed by atoms with Gasteiger partial charge in [0.15, 0.2) is 12.2 Å². The van der Waals surface area contributed by atoms with Crippen LogP contribution in [0.5, 0.6) is 0 Å². The number of rotatable bonds is 4. The molecule has 0 bridgehead atoms. The fourth-order valence-corrected chi connectivity index (χ4v) is 2.89. The Bertz CT molecular complexity index is 877. The van der Waals surface area contributed by atoms with Crippen LogP contribution in [0.4, 0.5) is 4.39 Å². The van der Waals surface area contributed by atoms with Crippen LogP contribution >= 0.6 is 0 Å². The van der Waals surface area contributed by atoms with E-state index in [1.165, 1.54) is 31.4 Å². The summed E-state index contributed by atoms with van der Waals surface area (Å²) >= 11 is 0. The Morgan fingerprint density at radius 3 is 2.33 bits per heavy atom. The predicted molar refractivity (Wildman–Crippen MR) is 91.8 cm³/mol. The summed E-state index contributed by atoms with van der Waals surface area (Å²) in [4.78, 5) is 36.5. The molecule has 7 heteroatoms. The third kappa shape index (κ3) is 3.40. The van der Waals surface area contributed by atoms with Crippen molar-refractivity contribution in [2.75, 3.05) is 7.11 Å². The Hall–Kier alpha value is -3.22. The molecule has 0 aromatic heterocycles. The number of ether oxygens (including phenoxy) is 3. The van der Waals surface area contributed by atoms with E-state index in [4.69, 9.17) is 14.2 Å². The third-order valence-corrected chi connectivity index (χ3v) is 4.36. The van der Waals surface area contributed by atoms with Crippen LogP contribution in [-0.4, -0.2) is 36.8 Å². The summed E-state index contributed by atoms with van der Waals surface area (Å²) in [6.07, 6.45) is -2.85. The van der Waals surface area contributed by atoms with Gasteiger partial charge in [-0.25, -0.2) is 18.8 Å². The zero-order valence-electron chi connectivity index (χ0n) is 14.7. The van der Waals surface area contributed by atoms with Gasteiger partial charge in [0.1, 0.15) is 0 Å². The van der Waals surface area contributed by atoms with E-state index in [-0.39, 0.29) is 16.7 Å². The Morgan fingerprint density at radius 2 is 1.67 bits per heavy atom. The maximum Gasteiger partial charge on any atom is 0.348 e. The first kappa shape index (κ1) is 18.6. The average molecular weight is 372 g/mol. The average Bonchev–Trinajstić information content (AvgIpc) is 2.91. The minimum absolute atomic E-state index is 0.0938. The standard InChI is InChI=1S/C20H17FO6/c1-20(21)16(27-17(22)12-8-4-3-5-9-12)15(26-19(20)24)13-10-6-7-11-14(13)18(23)25-2/h3-11,15-16H,1-2H3/t15-,16-,20-/m1/s1. The smallest absolute Gasteiger partial charge is 0.348 e. The van der Waals surface area contributed by atoms with E-state index in [9.17, 15) is 14.4 Å². The molecule has 0 aliphatic carbocycles. The number of esters is 3. The Balaban J connectivity index is 1.99. The third-order valence-electron chi connectivity index (χ3n) is 4.36. The highest BCUT2D eigenvalue weighted by atomic mass is 19.1. The van der Waals surface area contributed by atoms with Gasteiger partial charge in [-0.15, -0.1) is 0 Å². The molecule has 1 saturated heterocycles. The van der Waals surface area contributed by atoms with E-state index >= 15 is 4.39 Å². The lowest BCUT2D eigenvalue weighted by atomic mass is 9.92. The van der Waals surface area contributed by atoms with Gasteiger partial charge in [0, 0.05) is 5.56 Å². The number of carbonyl (C=O) groups excluding carboxylic acids is 3. The molecule has 27 heavy (non-hydrogen) atoms. The fraction of sp³-hybridized carbons (Fsp3) is 0.250. The number of hydrogen-bond donors (Lipinski definition) is 0. The largest absolute Gasteiger partial charge is 0.465 e. The van der Waals surface area contributed by atoms with E-state index in [1.54, 1.807) is 30.3 Å². The molecule has 6 nitrogen and oxygen atoms in total. The van der Waals surface area contributed by atoms with Crippen molar-refractivity contribution in [3.8, 4) is 0 Å². The summed E-state index contributed by atoms with van der Waals surface area (Å²) < 4.78 is 30.2. The molecule has 0 saturated carbocycles. The molecule has 1 aliphatic rings. The molecule has 0 N–H and O–H groups in total. The number of halogens is 1. The summed E-state index contributed by atoms with van der Waals surface area (Å²) in [5.74, 6) is -2.65. The van der Waals surface area contributed by atoms with Crippen LogP contribution < -0.4 is 0 Å². The van der Waals surface area contributed by atoms with Gasteiger partial charge in [0.05, 0.1) is 18.2 Å². The van der Waals surface area contributed by atoms with E-state index in [1.807, 2.05) is 0 Å². The lowest BCUT2D eigenvalue weighted by Crippen LogP contribution is -2.40. The van der Waals surface area contributed by atoms with Crippen LogP contribution in [0.15, 0.2) is 54.6 Å². The highest BCUT2D eigenvalue weighted by Crippen LogP contribution is 2.42. The molecule has 140 valence electrons. The first-order chi connectivity index (χ1) is 12.9. The molecule has 2 aromatic rings. The van der Waals surface area contributed by atoms with Gasteiger partial charge in [0.25, 0.3) is 0 Å². The number of alkyl halides is 1. The van der Waals surface area contributed by atoms with Crippen molar-refractivity contribution in [3.63, 3.8) is 0 Å². The highest BCUT2D eigenvalue weighted by Gasteiger charge is 2.59. The number of hydrogen-bond acceptors (Lipinski definition) is 6. The first-order valence-corrected chi connectivity index (χ1v) is 8.19. The molecule has 3 atom stereocenters. The van der Waals surface area contributed by atoms with Gasteiger partial charge in [-0.1, -0.05) is 36.4 Å². The Morgan fingerprint density at radius 1 is 1.04 bits per heavy atom. The molecule has 1 heterocycles. The molecule has 1 fully saturated rings. The van der Waals surface area contributed by atoms with Crippen molar-refractivity contribution >= 4 is 17.9 Å². The number of benzene rings is 2. The van der Waals surface area contributed by atoms with E-state index in [0.717, 1.165) is 6.92 Å². The van der Waals surface area contributed by atoms with Gasteiger partial charge in [-0.2, -0.15) is 0 Å². The second-order valence-corrected chi connectivity index (χ2v) is 6.17. The summed E-state index contributed by atoms with van der Waals surface area (Å²) in [5.41, 5.74) is -2.08. The van der Waals surface area contributed by atoms with Crippen molar-refractivity contribution in [1.29, 1.82) is 0 Å². The maximum atomic E-state index is 15.0. The molecule has 0 spiro atoms. The van der Waals surface area contributed by atoms with Gasteiger partial charge in [-0.05, 0) is 25.1 Å². The minimum Gasteiger partial charge on any atom is -0.465 e. The number of carbonyl (C=O) groups is 3. The summed E-state index contributed by atoms with van der Waals surface area (Å²) in [5, 5.41) is 0. The summed E-state index contributed by atoms with van der Waals surface area (Å²) in [7, 11) is 1.20. The highest BCUT2D eigenvalue weighted by molar-refractivity contribution is 5.93. The maximum absolute atomic E-state index is 15.0. The zero-order chi connectivity index (χ0) is 19.6. The van der Waals surface area contributed by atoms with Crippen molar-refractivity contribution in [3.05, 3.63) is 71.3 Å². The topological polar surface area (TPSA) is 78.9 Å². The summed E-state index contributed by atoms with van der Waals surface area (Å²) in [6.45, 7) is 0.985. The van der Waals surface area contributed by atoms with Gasteiger partial charge < -0.3 is 14.2 Å². The monoisotopic (exact) mass is 372 g/mol. The zero-order valence-corrected chi connectivity index (χ0v) is 14.7. The predicted octanol–water partition coefficient (Wildman–Crippen LogP) is 3.02. The Labute approximate surface area is 154 Å². The van der Waals surface area contributed by atoms with E-state index in [0.29, 0.717) is 0 Å². The van der Waals surface area contributed by atoms with Crippen LogP contribution in [0.1, 0.15) is 39.3 Å². The lowest BCUT2D eigenvalue weighted by molar-refractivity contribution is -0.149.